The highest BCUT2D eigenvalue weighted by Gasteiger charge is 2.33. The summed E-state index contributed by atoms with van der Waals surface area (Å²) in [7, 11) is -3.52. The summed E-state index contributed by atoms with van der Waals surface area (Å²) >= 11 is 0. The molecule has 0 aromatic heterocycles. The maximum absolute atomic E-state index is 13.0. The van der Waals surface area contributed by atoms with E-state index in [4.69, 9.17) is 5.73 Å². The van der Waals surface area contributed by atoms with Gasteiger partial charge in [-0.05, 0) is 50.7 Å². The molecule has 1 aromatic carbocycles. The second-order valence-electron chi connectivity index (χ2n) is 8.02. The van der Waals surface area contributed by atoms with Gasteiger partial charge in [-0.3, -0.25) is 4.79 Å². The molecule has 6 nitrogen and oxygen atoms in total. The molecule has 0 radical (unpaired) electrons. The monoisotopic (exact) mass is 395 g/mol. The van der Waals surface area contributed by atoms with Gasteiger partial charge in [-0.2, -0.15) is 4.31 Å². The highest BCUT2D eigenvalue weighted by Crippen LogP contribution is 2.26. The molecule has 0 bridgehead atoms. The number of nitrogens with one attached hydrogen (secondary N) is 1. The van der Waals surface area contributed by atoms with Crippen LogP contribution in [0.3, 0.4) is 0 Å². The van der Waals surface area contributed by atoms with Crippen LogP contribution in [0.25, 0.3) is 0 Å². The summed E-state index contributed by atoms with van der Waals surface area (Å²) in [5.41, 5.74) is 7.56. The van der Waals surface area contributed by atoms with E-state index in [2.05, 4.69) is 19.2 Å². The van der Waals surface area contributed by atoms with Crippen LogP contribution in [0, 0.1) is 25.7 Å². The van der Waals surface area contributed by atoms with Crippen molar-refractivity contribution in [1.82, 2.24) is 9.62 Å². The van der Waals surface area contributed by atoms with Gasteiger partial charge in [0.25, 0.3) is 0 Å². The van der Waals surface area contributed by atoms with Crippen molar-refractivity contribution in [1.29, 1.82) is 0 Å². The highest BCUT2D eigenvalue weighted by molar-refractivity contribution is 7.89. The first kappa shape index (κ1) is 21.9. The van der Waals surface area contributed by atoms with E-state index in [0.29, 0.717) is 43.3 Å². The van der Waals surface area contributed by atoms with E-state index in [1.165, 1.54) is 4.31 Å². The third kappa shape index (κ3) is 5.53. The summed E-state index contributed by atoms with van der Waals surface area (Å²) in [5, 5.41) is 3.04. The first-order chi connectivity index (χ1) is 12.6. The van der Waals surface area contributed by atoms with Gasteiger partial charge in [-0.15, -0.1) is 0 Å². The fourth-order valence-corrected chi connectivity index (χ4v) is 5.36. The molecule has 0 saturated carbocycles. The second kappa shape index (κ2) is 9.17. The van der Waals surface area contributed by atoms with E-state index in [0.717, 1.165) is 17.5 Å². The molecule has 2 rings (SSSR count). The number of benzene rings is 1. The number of carbonyl (C=O) groups excluding carboxylic acids is 1. The van der Waals surface area contributed by atoms with E-state index in [1.807, 2.05) is 26.0 Å². The van der Waals surface area contributed by atoms with Crippen molar-refractivity contribution in [3.63, 3.8) is 0 Å². The molecule has 1 aliphatic heterocycles. The Morgan fingerprint density at radius 3 is 2.41 bits per heavy atom. The number of piperidine rings is 1. The predicted molar refractivity (Wildman–Crippen MR) is 108 cm³/mol. The number of sulfonamides is 1. The van der Waals surface area contributed by atoms with Crippen LogP contribution in [-0.4, -0.2) is 44.3 Å². The number of hydrogen-bond acceptors (Lipinski definition) is 4. The van der Waals surface area contributed by atoms with Crippen molar-refractivity contribution in [3.8, 4) is 0 Å². The summed E-state index contributed by atoms with van der Waals surface area (Å²) in [4.78, 5) is 12.9. The van der Waals surface area contributed by atoms with Crippen LogP contribution in [0.15, 0.2) is 23.1 Å². The van der Waals surface area contributed by atoms with Gasteiger partial charge in [0, 0.05) is 31.6 Å². The Labute approximate surface area is 163 Å². The number of amides is 1. The van der Waals surface area contributed by atoms with Crippen LogP contribution < -0.4 is 11.1 Å². The zero-order valence-corrected chi connectivity index (χ0v) is 17.7. The Kier molecular flexibility index (Phi) is 7.42. The van der Waals surface area contributed by atoms with Crippen molar-refractivity contribution < 1.29 is 13.2 Å². The van der Waals surface area contributed by atoms with Gasteiger partial charge in [-0.1, -0.05) is 31.5 Å². The molecule has 3 N–H and O–H groups in total. The van der Waals surface area contributed by atoms with Gasteiger partial charge in [0.1, 0.15) is 0 Å². The molecule has 0 aliphatic carbocycles. The molecule has 0 spiro atoms. The minimum atomic E-state index is -3.52. The molecular formula is C20H33N3O3S. The molecule has 152 valence electrons. The molecule has 1 heterocycles. The Hall–Kier alpha value is -1.44. The molecule has 1 amide bonds. The van der Waals surface area contributed by atoms with Crippen molar-refractivity contribution >= 4 is 15.9 Å². The number of carbonyl (C=O) groups is 1. The van der Waals surface area contributed by atoms with Gasteiger partial charge in [-0.25, -0.2) is 8.42 Å². The Balaban J connectivity index is 1.99. The Bertz CT molecular complexity index is 754. The first-order valence-corrected chi connectivity index (χ1v) is 11.2. The van der Waals surface area contributed by atoms with Gasteiger partial charge >= 0.3 is 0 Å². The molecule has 1 fully saturated rings. The largest absolute Gasteiger partial charge is 0.352 e. The van der Waals surface area contributed by atoms with Crippen LogP contribution in [0.1, 0.15) is 44.2 Å². The maximum Gasteiger partial charge on any atom is 0.243 e. The summed E-state index contributed by atoms with van der Waals surface area (Å²) < 4.78 is 27.4. The lowest BCUT2D eigenvalue weighted by Gasteiger charge is -2.32. The van der Waals surface area contributed by atoms with Gasteiger partial charge in [0.05, 0.1) is 4.90 Å². The summed E-state index contributed by atoms with van der Waals surface area (Å²) in [5.74, 6) is 0.301. The van der Waals surface area contributed by atoms with Crippen LogP contribution >= 0.6 is 0 Å². The van der Waals surface area contributed by atoms with Crippen LogP contribution in [-0.2, 0) is 14.8 Å². The normalized spacial score (nSPS) is 17.9. The fourth-order valence-electron chi connectivity index (χ4n) is 3.69. The minimum Gasteiger partial charge on any atom is -0.352 e. The minimum absolute atomic E-state index is 0.00494. The zero-order valence-electron chi connectivity index (χ0n) is 16.9. The Morgan fingerprint density at radius 2 is 1.89 bits per heavy atom. The van der Waals surface area contributed by atoms with E-state index in [1.54, 1.807) is 6.07 Å². The number of nitrogens with two attached hydrogens (primary N) is 1. The van der Waals surface area contributed by atoms with E-state index >= 15 is 0 Å². The molecule has 1 aromatic rings. The smallest absolute Gasteiger partial charge is 0.243 e. The predicted octanol–water partition coefficient (Wildman–Crippen LogP) is 2.19. The van der Waals surface area contributed by atoms with E-state index in [9.17, 15) is 13.2 Å². The number of nitrogens with zero attached hydrogens (tertiary/aromatic N) is 1. The highest BCUT2D eigenvalue weighted by atomic mass is 32.2. The van der Waals surface area contributed by atoms with Gasteiger partial charge in [0.15, 0.2) is 0 Å². The van der Waals surface area contributed by atoms with Crippen LogP contribution in [0.4, 0.5) is 0 Å². The van der Waals surface area contributed by atoms with Crippen molar-refractivity contribution in [2.75, 3.05) is 19.6 Å². The second-order valence-corrected chi connectivity index (χ2v) is 9.92. The quantitative estimate of drug-likeness (QED) is 0.740. The lowest BCUT2D eigenvalue weighted by molar-refractivity contribution is -0.126. The first-order valence-electron chi connectivity index (χ1n) is 9.73. The molecule has 1 saturated heterocycles. The number of aryl methyl sites for hydroxylation is 2. The lowest BCUT2D eigenvalue weighted by atomic mass is 9.96. The summed E-state index contributed by atoms with van der Waals surface area (Å²) in [6, 6.07) is 5.36. The van der Waals surface area contributed by atoms with Gasteiger partial charge in [0.2, 0.25) is 15.9 Å². The fraction of sp³-hybridized carbons (Fsp3) is 0.650. The summed E-state index contributed by atoms with van der Waals surface area (Å²) in [6.07, 6.45) is 1.92. The SMILES string of the molecule is Cc1ccc(S(=O)(=O)N2CCC(C(=O)NC(CN)CC(C)C)CC2)c(C)c1. The van der Waals surface area contributed by atoms with Crippen LogP contribution in [0.5, 0.6) is 0 Å². The third-order valence-corrected chi connectivity index (χ3v) is 7.22. The average molecular weight is 396 g/mol. The molecule has 1 atom stereocenters. The van der Waals surface area contributed by atoms with Crippen molar-refractivity contribution in [3.05, 3.63) is 29.3 Å². The molecule has 7 heteroatoms. The average Bonchev–Trinajstić information content (AvgIpc) is 2.60. The van der Waals surface area contributed by atoms with Gasteiger partial charge < -0.3 is 11.1 Å². The lowest BCUT2D eigenvalue weighted by Crippen LogP contribution is -2.47. The van der Waals surface area contributed by atoms with Crippen molar-refractivity contribution in [2.24, 2.45) is 17.6 Å². The zero-order chi connectivity index (χ0) is 20.2. The molecule has 1 aliphatic rings. The van der Waals surface area contributed by atoms with E-state index in [-0.39, 0.29) is 17.9 Å². The Morgan fingerprint density at radius 1 is 1.26 bits per heavy atom. The van der Waals surface area contributed by atoms with E-state index < -0.39 is 10.0 Å². The number of hydrogen-bond donors (Lipinski definition) is 2. The van der Waals surface area contributed by atoms with Crippen molar-refractivity contribution in [2.45, 2.75) is 57.9 Å². The standard InChI is InChI=1S/C20H33N3O3S/c1-14(2)11-18(13-21)22-20(24)17-7-9-23(10-8-17)27(25,26)19-6-5-15(3)12-16(19)4/h5-6,12,14,17-18H,7-11,13,21H2,1-4H3,(H,22,24). The number of rotatable bonds is 7. The molecular weight excluding hydrogens is 362 g/mol. The third-order valence-electron chi connectivity index (χ3n) is 5.16. The maximum atomic E-state index is 13.0. The topological polar surface area (TPSA) is 92.5 Å². The molecule has 27 heavy (non-hydrogen) atoms. The van der Waals surface area contributed by atoms with Crippen LogP contribution in [0.2, 0.25) is 0 Å². The summed E-state index contributed by atoms with van der Waals surface area (Å²) in [6.45, 7) is 9.12. The molecule has 1 unspecified atom stereocenters.